The molecule has 0 saturated heterocycles. The third kappa shape index (κ3) is 10.6. The van der Waals surface area contributed by atoms with Crippen LogP contribution in [0.1, 0.15) is 53.2 Å². The number of aliphatic carboxylic acids is 1. The Morgan fingerprint density at radius 3 is 2.00 bits per heavy atom. The van der Waals surface area contributed by atoms with Gasteiger partial charge in [-0.3, -0.25) is 9.59 Å². The number of halogens is 3. The van der Waals surface area contributed by atoms with Gasteiger partial charge < -0.3 is 20.9 Å². The lowest BCUT2D eigenvalue weighted by molar-refractivity contribution is -0.175. The van der Waals surface area contributed by atoms with E-state index in [1.54, 1.807) is 0 Å². The number of aryl methyl sites for hydroxylation is 3. The zero-order valence-electron chi connectivity index (χ0n) is 17.8. The summed E-state index contributed by atoms with van der Waals surface area (Å²) in [5.41, 5.74) is 8.38. The highest BCUT2D eigenvalue weighted by atomic mass is 19.4. The SMILES string of the molecule is CC(=O)OC(=O)c1c(C)cc(C)cc1C.NCCCC[C@H](NC(=O)C(F)(F)F)C(=O)O. The van der Waals surface area contributed by atoms with Crippen LogP contribution in [0.4, 0.5) is 13.2 Å². The van der Waals surface area contributed by atoms with E-state index in [4.69, 9.17) is 10.8 Å². The van der Waals surface area contributed by atoms with Crippen molar-refractivity contribution in [2.45, 2.75) is 59.2 Å². The van der Waals surface area contributed by atoms with Crippen molar-refractivity contribution in [3.8, 4) is 0 Å². The molecule has 1 atom stereocenters. The van der Waals surface area contributed by atoms with Crippen LogP contribution in [0.2, 0.25) is 0 Å². The van der Waals surface area contributed by atoms with Gasteiger partial charge in [0.15, 0.2) is 0 Å². The highest BCUT2D eigenvalue weighted by molar-refractivity contribution is 5.98. The molecule has 31 heavy (non-hydrogen) atoms. The number of nitrogens with two attached hydrogens (primary N) is 1. The second-order valence-electron chi connectivity index (χ2n) is 6.80. The van der Waals surface area contributed by atoms with Crippen LogP contribution in [0.5, 0.6) is 0 Å². The number of carbonyl (C=O) groups excluding carboxylic acids is 3. The molecule has 0 unspecified atom stereocenters. The summed E-state index contributed by atoms with van der Waals surface area (Å²) in [6, 6.07) is 2.26. The van der Waals surface area contributed by atoms with Crippen molar-refractivity contribution in [1.82, 2.24) is 5.32 Å². The first-order chi connectivity index (χ1) is 14.2. The van der Waals surface area contributed by atoms with E-state index in [2.05, 4.69) is 4.74 Å². The Morgan fingerprint density at radius 1 is 1.10 bits per heavy atom. The molecule has 8 nitrogen and oxygen atoms in total. The summed E-state index contributed by atoms with van der Waals surface area (Å²) < 4.78 is 40.1. The van der Waals surface area contributed by atoms with Crippen molar-refractivity contribution in [2.75, 3.05) is 6.54 Å². The summed E-state index contributed by atoms with van der Waals surface area (Å²) in [6.07, 6.45) is -4.31. The lowest BCUT2D eigenvalue weighted by atomic mass is 10.00. The summed E-state index contributed by atoms with van der Waals surface area (Å²) in [7, 11) is 0. The third-order valence-corrected chi connectivity index (χ3v) is 3.93. The standard InChI is InChI=1S/C12H14O3.C8H13F3N2O3/c1-7-5-8(2)11(9(3)6-7)12(14)15-10(4)13;9-8(10,11)7(16)13-5(6(14)15)3-1-2-4-12/h5-6H,1-4H3;5H,1-4,12H2,(H,13,16)(H,14,15)/t;5-/m.0/s1. The Hall–Kier alpha value is -2.95. The fourth-order valence-electron chi connectivity index (χ4n) is 2.67. The highest BCUT2D eigenvalue weighted by Gasteiger charge is 2.40. The molecule has 0 aliphatic rings. The molecule has 0 spiro atoms. The Labute approximate surface area is 177 Å². The van der Waals surface area contributed by atoms with Gasteiger partial charge >= 0.3 is 30.0 Å². The molecular weight excluding hydrogens is 421 g/mol. The van der Waals surface area contributed by atoms with Crippen molar-refractivity contribution in [2.24, 2.45) is 5.73 Å². The van der Waals surface area contributed by atoms with Gasteiger partial charge in [0, 0.05) is 6.92 Å². The van der Waals surface area contributed by atoms with Gasteiger partial charge in [0.25, 0.3) is 0 Å². The zero-order chi connectivity index (χ0) is 24.4. The summed E-state index contributed by atoms with van der Waals surface area (Å²) in [5.74, 6) is -4.89. The maximum absolute atomic E-state index is 11.8. The van der Waals surface area contributed by atoms with E-state index < -0.39 is 36.0 Å². The first kappa shape index (κ1) is 28.1. The number of unbranched alkanes of at least 4 members (excludes halogenated alkanes) is 1. The lowest BCUT2D eigenvalue weighted by Gasteiger charge is -2.15. The number of alkyl halides is 3. The van der Waals surface area contributed by atoms with Crippen molar-refractivity contribution < 1.29 is 42.2 Å². The lowest BCUT2D eigenvalue weighted by Crippen LogP contribution is -2.46. The van der Waals surface area contributed by atoms with Crippen LogP contribution >= 0.6 is 0 Å². The molecule has 1 aromatic rings. The summed E-state index contributed by atoms with van der Waals surface area (Å²) >= 11 is 0. The molecule has 0 fully saturated rings. The molecular formula is C20H27F3N2O6. The average Bonchev–Trinajstić information content (AvgIpc) is 2.58. The van der Waals surface area contributed by atoms with Gasteiger partial charge in [0.2, 0.25) is 0 Å². The van der Waals surface area contributed by atoms with E-state index >= 15 is 0 Å². The molecule has 0 radical (unpaired) electrons. The number of amides is 1. The number of carbonyl (C=O) groups is 4. The Bertz CT molecular complexity index is 786. The number of ether oxygens (including phenoxy) is 1. The molecule has 4 N–H and O–H groups in total. The molecule has 0 saturated carbocycles. The third-order valence-electron chi connectivity index (χ3n) is 3.93. The Morgan fingerprint density at radius 2 is 1.61 bits per heavy atom. The molecule has 174 valence electrons. The van der Waals surface area contributed by atoms with Gasteiger partial charge in [-0.25, -0.2) is 9.59 Å². The number of esters is 2. The van der Waals surface area contributed by atoms with Crippen molar-refractivity contribution in [3.05, 3.63) is 34.4 Å². The van der Waals surface area contributed by atoms with Gasteiger partial charge in [-0.05, 0) is 57.7 Å². The number of hydrogen-bond donors (Lipinski definition) is 3. The monoisotopic (exact) mass is 448 g/mol. The van der Waals surface area contributed by atoms with Crippen molar-refractivity contribution in [1.29, 1.82) is 0 Å². The first-order valence-corrected chi connectivity index (χ1v) is 9.31. The largest absolute Gasteiger partial charge is 0.480 e. The second-order valence-corrected chi connectivity index (χ2v) is 6.80. The van der Waals surface area contributed by atoms with E-state index in [0.717, 1.165) is 16.7 Å². The summed E-state index contributed by atoms with van der Waals surface area (Å²) in [5, 5.41) is 9.98. The number of benzene rings is 1. The number of carboxylic acid groups (broad SMARTS) is 1. The van der Waals surface area contributed by atoms with E-state index in [0.29, 0.717) is 24.9 Å². The predicted molar refractivity (Wildman–Crippen MR) is 105 cm³/mol. The maximum atomic E-state index is 11.8. The predicted octanol–water partition coefficient (Wildman–Crippen LogP) is 2.56. The average molecular weight is 448 g/mol. The first-order valence-electron chi connectivity index (χ1n) is 9.31. The van der Waals surface area contributed by atoms with Crippen LogP contribution in [0.15, 0.2) is 12.1 Å². The molecule has 0 aromatic heterocycles. The fourth-order valence-corrected chi connectivity index (χ4v) is 2.67. The van der Waals surface area contributed by atoms with Crippen LogP contribution in [-0.2, 0) is 19.1 Å². The van der Waals surface area contributed by atoms with Gasteiger partial charge in [-0.1, -0.05) is 17.7 Å². The number of nitrogens with one attached hydrogen (secondary N) is 1. The molecule has 11 heteroatoms. The van der Waals surface area contributed by atoms with Gasteiger partial charge in [-0.15, -0.1) is 0 Å². The smallest absolute Gasteiger partial charge is 0.471 e. The fraction of sp³-hybridized carbons (Fsp3) is 0.500. The van der Waals surface area contributed by atoms with E-state index in [1.807, 2.05) is 32.9 Å². The van der Waals surface area contributed by atoms with Crippen molar-refractivity contribution >= 4 is 23.8 Å². The molecule has 1 amide bonds. The minimum atomic E-state index is -5.07. The topological polar surface area (TPSA) is 136 Å². The molecule has 0 aliphatic carbocycles. The van der Waals surface area contributed by atoms with Gasteiger partial charge in [-0.2, -0.15) is 13.2 Å². The number of hydrogen-bond acceptors (Lipinski definition) is 6. The number of carboxylic acids is 1. The second kappa shape index (κ2) is 12.7. The molecule has 1 rings (SSSR count). The Balaban J connectivity index is 0.000000581. The van der Waals surface area contributed by atoms with E-state index in [9.17, 15) is 32.3 Å². The van der Waals surface area contributed by atoms with Crippen LogP contribution in [0.3, 0.4) is 0 Å². The minimum Gasteiger partial charge on any atom is -0.480 e. The van der Waals surface area contributed by atoms with Crippen LogP contribution in [-0.4, -0.2) is 47.7 Å². The van der Waals surface area contributed by atoms with Crippen molar-refractivity contribution in [3.63, 3.8) is 0 Å². The Kier molecular flexibility index (Phi) is 11.5. The molecule has 0 bridgehead atoms. The van der Waals surface area contributed by atoms with Crippen LogP contribution < -0.4 is 11.1 Å². The maximum Gasteiger partial charge on any atom is 0.471 e. The normalized spacial score (nSPS) is 11.6. The molecule has 1 aromatic carbocycles. The van der Waals surface area contributed by atoms with Crippen LogP contribution in [0, 0.1) is 20.8 Å². The van der Waals surface area contributed by atoms with E-state index in [-0.39, 0.29) is 6.42 Å². The van der Waals surface area contributed by atoms with Gasteiger partial charge in [0.1, 0.15) is 6.04 Å². The molecule has 0 heterocycles. The van der Waals surface area contributed by atoms with E-state index in [1.165, 1.54) is 12.2 Å². The van der Waals surface area contributed by atoms with Crippen LogP contribution in [0.25, 0.3) is 0 Å². The summed E-state index contributed by atoms with van der Waals surface area (Å²) in [4.78, 5) is 43.3. The highest BCUT2D eigenvalue weighted by Crippen LogP contribution is 2.17. The zero-order valence-corrected chi connectivity index (χ0v) is 17.8. The number of rotatable bonds is 7. The molecule has 0 aliphatic heterocycles. The quantitative estimate of drug-likeness (QED) is 0.331. The minimum absolute atomic E-state index is 0.0750. The summed E-state index contributed by atoms with van der Waals surface area (Å²) in [6.45, 7) is 7.16. The van der Waals surface area contributed by atoms with Gasteiger partial charge in [0.05, 0.1) is 5.56 Å².